The molecule has 170 valence electrons. The van der Waals surface area contributed by atoms with Crippen LogP contribution in [0.15, 0.2) is 35.3 Å². The zero-order valence-electron chi connectivity index (χ0n) is 19.0. The number of ether oxygens (including phenoxy) is 1. The second kappa shape index (κ2) is 13.0. The number of methoxy groups -OCH3 is 1. The maximum absolute atomic E-state index is 12.6. The molecule has 0 saturated carbocycles. The van der Waals surface area contributed by atoms with E-state index >= 15 is 0 Å². The molecule has 7 nitrogen and oxygen atoms in total. The van der Waals surface area contributed by atoms with Gasteiger partial charge < -0.3 is 25.2 Å². The number of nitrogens with one attached hydrogen (secondary N) is 2. The van der Waals surface area contributed by atoms with Gasteiger partial charge in [0.2, 0.25) is 5.91 Å². The van der Waals surface area contributed by atoms with Gasteiger partial charge in [-0.25, -0.2) is 4.99 Å². The first-order chi connectivity index (χ1) is 13.8. The van der Waals surface area contributed by atoms with Crippen LogP contribution in [0.25, 0.3) is 0 Å². The maximum atomic E-state index is 12.6. The molecule has 0 spiro atoms. The van der Waals surface area contributed by atoms with Crippen LogP contribution in [0.1, 0.15) is 27.7 Å². The number of benzene rings is 1. The van der Waals surface area contributed by atoms with E-state index in [1.807, 2.05) is 30.0 Å². The van der Waals surface area contributed by atoms with Crippen molar-refractivity contribution in [1.82, 2.24) is 15.5 Å². The first kappa shape index (κ1) is 26.5. The number of anilines is 1. The number of amides is 1. The predicted molar refractivity (Wildman–Crippen MR) is 135 cm³/mol. The normalized spacial score (nSPS) is 16.0. The quantitative estimate of drug-likeness (QED) is 0.322. The number of hydrogen-bond donors (Lipinski definition) is 2. The van der Waals surface area contributed by atoms with Crippen LogP contribution in [0, 0.1) is 5.41 Å². The monoisotopic (exact) mass is 531 g/mol. The number of nitrogens with zero attached hydrogens (tertiary/aromatic N) is 3. The summed E-state index contributed by atoms with van der Waals surface area (Å²) in [6.45, 7) is 13.1. The topological polar surface area (TPSA) is 69.2 Å². The SMILES string of the molecule is CCNC(=NCC(=O)N1CCN(c2ccccc2)CC1)NCC(OC)C(C)(C)C.I. The second-order valence-electron chi connectivity index (χ2n) is 8.37. The van der Waals surface area contributed by atoms with Crippen LogP contribution in [0.4, 0.5) is 5.69 Å². The molecule has 1 aromatic rings. The van der Waals surface area contributed by atoms with Crippen LogP contribution in [0.3, 0.4) is 0 Å². The first-order valence-corrected chi connectivity index (χ1v) is 10.5. The predicted octanol–water partition coefficient (Wildman–Crippen LogP) is 2.57. The number of piperazine rings is 1. The lowest BCUT2D eigenvalue weighted by molar-refractivity contribution is -0.129. The van der Waals surface area contributed by atoms with Crippen molar-refractivity contribution in [2.45, 2.75) is 33.8 Å². The number of para-hydroxylation sites is 1. The van der Waals surface area contributed by atoms with E-state index in [1.165, 1.54) is 5.69 Å². The number of guanidine groups is 1. The third kappa shape index (κ3) is 8.29. The molecule has 1 aliphatic rings. The maximum Gasteiger partial charge on any atom is 0.244 e. The van der Waals surface area contributed by atoms with E-state index in [0.717, 1.165) is 32.7 Å². The number of halogens is 1. The second-order valence-corrected chi connectivity index (χ2v) is 8.37. The van der Waals surface area contributed by atoms with Crippen LogP contribution >= 0.6 is 24.0 Å². The Kier molecular flexibility index (Phi) is 11.5. The molecule has 1 aromatic carbocycles. The van der Waals surface area contributed by atoms with Gasteiger partial charge in [-0.05, 0) is 24.5 Å². The lowest BCUT2D eigenvalue weighted by Gasteiger charge is -2.36. The molecule has 1 heterocycles. The molecule has 0 radical (unpaired) electrons. The molecular formula is C22H38IN5O2. The number of aliphatic imine (C=N–C) groups is 1. The van der Waals surface area contributed by atoms with Crippen molar-refractivity contribution in [1.29, 1.82) is 0 Å². The van der Waals surface area contributed by atoms with Gasteiger partial charge in [-0.2, -0.15) is 0 Å². The Labute approximate surface area is 198 Å². The van der Waals surface area contributed by atoms with E-state index < -0.39 is 0 Å². The third-order valence-electron chi connectivity index (χ3n) is 5.18. The van der Waals surface area contributed by atoms with Gasteiger partial charge in [0.05, 0.1) is 6.10 Å². The molecule has 8 heteroatoms. The Morgan fingerprint density at radius 1 is 1.13 bits per heavy atom. The lowest BCUT2D eigenvalue weighted by atomic mass is 9.89. The highest BCUT2D eigenvalue weighted by Crippen LogP contribution is 2.21. The Hall–Kier alpha value is -1.55. The molecule has 2 N–H and O–H groups in total. The van der Waals surface area contributed by atoms with Gasteiger partial charge in [0.25, 0.3) is 0 Å². The van der Waals surface area contributed by atoms with Crippen molar-refractivity contribution >= 4 is 41.5 Å². The van der Waals surface area contributed by atoms with E-state index in [9.17, 15) is 4.79 Å². The van der Waals surface area contributed by atoms with Crippen LogP contribution in [-0.2, 0) is 9.53 Å². The molecule has 1 unspecified atom stereocenters. The Balaban J connectivity index is 0.00000450. The van der Waals surface area contributed by atoms with Crippen molar-refractivity contribution in [3.05, 3.63) is 30.3 Å². The summed E-state index contributed by atoms with van der Waals surface area (Å²) in [7, 11) is 1.72. The van der Waals surface area contributed by atoms with Crippen LogP contribution in [0.5, 0.6) is 0 Å². The Morgan fingerprint density at radius 2 is 1.77 bits per heavy atom. The Bertz CT molecular complexity index is 655. The van der Waals surface area contributed by atoms with Gasteiger partial charge in [0, 0.05) is 52.1 Å². The molecule has 0 aromatic heterocycles. The molecule has 1 fully saturated rings. The first-order valence-electron chi connectivity index (χ1n) is 10.5. The van der Waals surface area contributed by atoms with Crippen molar-refractivity contribution in [2.75, 3.05) is 57.8 Å². The van der Waals surface area contributed by atoms with E-state index in [2.05, 4.69) is 53.4 Å². The number of rotatable bonds is 7. The van der Waals surface area contributed by atoms with Gasteiger partial charge in [-0.15, -0.1) is 24.0 Å². The summed E-state index contributed by atoms with van der Waals surface area (Å²) in [4.78, 5) is 21.3. The third-order valence-corrected chi connectivity index (χ3v) is 5.18. The number of hydrogen-bond acceptors (Lipinski definition) is 4. The molecule has 2 rings (SSSR count). The highest BCUT2D eigenvalue weighted by molar-refractivity contribution is 14.0. The summed E-state index contributed by atoms with van der Waals surface area (Å²) >= 11 is 0. The summed E-state index contributed by atoms with van der Waals surface area (Å²) in [6, 6.07) is 10.3. The highest BCUT2D eigenvalue weighted by atomic mass is 127. The number of carbonyl (C=O) groups excluding carboxylic acids is 1. The fourth-order valence-corrected chi connectivity index (χ4v) is 3.37. The van der Waals surface area contributed by atoms with Crippen LogP contribution < -0.4 is 15.5 Å². The highest BCUT2D eigenvalue weighted by Gasteiger charge is 2.25. The summed E-state index contributed by atoms with van der Waals surface area (Å²) in [5.41, 5.74) is 1.23. The average molecular weight is 531 g/mol. The molecule has 30 heavy (non-hydrogen) atoms. The van der Waals surface area contributed by atoms with Crippen LogP contribution in [0.2, 0.25) is 0 Å². The average Bonchev–Trinajstić information content (AvgIpc) is 2.72. The van der Waals surface area contributed by atoms with E-state index in [1.54, 1.807) is 7.11 Å². The van der Waals surface area contributed by atoms with Crippen molar-refractivity contribution in [2.24, 2.45) is 10.4 Å². The molecule has 1 saturated heterocycles. The minimum absolute atomic E-state index is 0. The number of carbonyl (C=O) groups is 1. The molecule has 1 amide bonds. The largest absolute Gasteiger partial charge is 0.379 e. The van der Waals surface area contributed by atoms with Crippen LogP contribution in [-0.4, -0.2) is 75.8 Å². The van der Waals surface area contributed by atoms with E-state index in [0.29, 0.717) is 12.5 Å². The van der Waals surface area contributed by atoms with Gasteiger partial charge in [0.1, 0.15) is 6.54 Å². The zero-order chi connectivity index (χ0) is 21.3. The summed E-state index contributed by atoms with van der Waals surface area (Å²) in [5.74, 6) is 0.712. The zero-order valence-corrected chi connectivity index (χ0v) is 21.3. The molecule has 0 aliphatic carbocycles. The minimum atomic E-state index is 0. The van der Waals surface area contributed by atoms with Crippen molar-refractivity contribution in [3.8, 4) is 0 Å². The minimum Gasteiger partial charge on any atom is -0.379 e. The summed E-state index contributed by atoms with van der Waals surface area (Å²) < 4.78 is 5.59. The van der Waals surface area contributed by atoms with Crippen molar-refractivity contribution in [3.63, 3.8) is 0 Å². The lowest BCUT2D eigenvalue weighted by Crippen LogP contribution is -2.50. The smallest absolute Gasteiger partial charge is 0.244 e. The van der Waals surface area contributed by atoms with Gasteiger partial charge >= 0.3 is 0 Å². The molecular weight excluding hydrogens is 493 g/mol. The Morgan fingerprint density at radius 3 is 2.30 bits per heavy atom. The summed E-state index contributed by atoms with van der Waals surface area (Å²) in [5, 5.41) is 6.50. The van der Waals surface area contributed by atoms with Gasteiger partial charge in [-0.1, -0.05) is 39.0 Å². The summed E-state index contributed by atoms with van der Waals surface area (Å²) in [6.07, 6.45) is 0.0492. The molecule has 1 atom stereocenters. The van der Waals surface area contributed by atoms with Crippen molar-refractivity contribution < 1.29 is 9.53 Å². The van der Waals surface area contributed by atoms with Gasteiger partial charge in [-0.3, -0.25) is 4.79 Å². The molecule has 0 bridgehead atoms. The fraction of sp³-hybridized carbons (Fsp3) is 0.636. The molecule has 1 aliphatic heterocycles. The fourth-order valence-electron chi connectivity index (χ4n) is 3.37. The van der Waals surface area contributed by atoms with Gasteiger partial charge in [0.15, 0.2) is 5.96 Å². The van der Waals surface area contributed by atoms with E-state index in [-0.39, 0.29) is 47.9 Å². The standard InChI is InChI=1S/C22H37N5O2.HI/c1-6-23-21(24-16-19(29-5)22(2,3)4)25-17-20(28)27-14-12-26(13-15-27)18-10-8-7-9-11-18;/h7-11,19H,6,12-17H2,1-5H3,(H2,23,24,25);1H. The van der Waals surface area contributed by atoms with E-state index in [4.69, 9.17) is 4.74 Å².